The fourth-order valence-corrected chi connectivity index (χ4v) is 2.15. The fourth-order valence-electron chi connectivity index (χ4n) is 1.20. The van der Waals surface area contributed by atoms with Crippen molar-refractivity contribution in [1.29, 1.82) is 0 Å². The van der Waals surface area contributed by atoms with Crippen LogP contribution in [-0.2, 0) is 0 Å². The summed E-state index contributed by atoms with van der Waals surface area (Å²) in [5, 5.41) is 3.83. The molecule has 1 unspecified atom stereocenters. The molecular formula is C10H13N3OS. The van der Waals surface area contributed by atoms with Crippen LogP contribution in [0.2, 0.25) is 0 Å². The molecule has 0 aliphatic rings. The van der Waals surface area contributed by atoms with Gasteiger partial charge >= 0.3 is 0 Å². The predicted octanol–water partition coefficient (Wildman–Crippen LogP) is 2.43. The third-order valence-electron chi connectivity index (χ3n) is 2.23. The Morgan fingerprint density at radius 3 is 2.67 bits per heavy atom. The maximum absolute atomic E-state index is 5.66. The second kappa shape index (κ2) is 3.75. The van der Waals surface area contributed by atoms with E-state index in [-0.39, 0.29) is 6.04 Å². The van der Waals surface area contributed by atoms with Crippen LogP contribution in [0.4, 0.5) is 0 Å². The van der Waals surface area contributed by atoms with Crippen molar-refractivity contribution in [1.82, 2.24) is 10.1 Å². The van der Waals surface area contributed by atoms with Gasteiger partial charge < -0.3 is 10.3 Å². The van der Waals surface area contributed by atoms with Crippen molar-refractivity contribution < 1.29 is 4.52 Å². The number of aryl methyl sites for hydroxylation is 2. The van der Waals surface area contributed by atoms with E-state index in [9.17, 15) is 0 Å². The van der Waals surface area contributed by atoms with Crippen molar-refractivity contribution in [2.45, 2.75) is 26.8 Å². The molecule has 4 nitrogen and oxygen atoms in total. The Kier molecular flexibility index (Phi) is 2.58. The fraction of sp³-hybridized carbons (Fsp3) is 0.400. The maximum Gasteiger partial charge on any atom is 0.268 e. The first-order valence-electron chi connectivity index (χ1n) is 4.74. The monoisotopic (exact) mass is 223 g/mol. The molecule has 5 heteroatoms. The van der Waals surface area contributed by atoms with E-state index in [0.29, 0.717) is 11.7 Å². The van der Waals surface area contributed by atoms with Gasteiger partial charge in [-0.1, -0.05) is 5.16 Å². The SMILES string of the molecule is Cc1cc(-c2nc(C(C)N)no2)sc1C. The van der Waals surface area contributed by atoms with Gasteiger partial charge in [0, 0.05) is 4.88 Å². The van der Waals surface area contributed by atoms with Gasteiger partial charge in [-0.3, -0.25) is 0 Å². The summed E-state index contributed by atoms with van der Waals surface area (Å²) < 4.78 is 5.15. The molecule has 0 amide bonds. The van der Waals surface area contributed by atoms with Crippen LogP contribution in [0.1, 0.15) is 29.2 Å². The van der Waals surface area contributed by atoms with Gasteiger partial charge in [-0.05, 0) is 32.4 Å². The molecule has 0 aliphatic heterocycles. The Balaban J connectivity index is 2.37. The second-order valence-electron chi connectivity index (χ2n) is 3.60. The van der Waals surface area contributed by atoms with E-state index < -0.39 is 0 Å². The summed E-state index contributed by atoms with van der Waals surface area (Å²) in [6.07, 6.45) is 0. The molecule has 0 radical (unpaired) electrons. The van der Waals surface area contributed by atoms with Crippen LogP contribution < -0.4 is 5.73 Å². The molecule has 2 aromatic heterocycles. The van der Waals surface area contributed by atoms with Crippen LogP contribution in [0.15, 0.2) is 10.6 Å². The van der Waals surface area contributed by atoms with E-state index in [0.717, 1.165) is 4.88 Å². The summed E-state index contributed by atoms with van der Waals surface area (Å²) in [5.41, 5.74) is 6.90. The van der Waals surface area contributed by atoms with E-state index in [1.807, 2.05) is 6.92 Å². The van der Waals surface area contributed by atoms with Crippen LogP contribution >= 0.6 is 11.3 Å². The van der Waals surface area contributed by atoms with E-state index in [2.05, 4.69) is 30.1 Å². The lowest BCUT2D eigenvalue weighted by Gasteiger charge is -1.92. The van der Waals surface area contributed by atoms with Crippen LogP contribution in [0.5, 0.6) is 0 Å². The Hall–Kier alpha value is -1.20. The van der Waals surface area contributed by atoms with E-state index in [4.69, 9.17) is 10.3 Å². The molecule has 0 saturated carbocycles. The highest BCUT2D eigenvalue weighted by Crippen LogP contribution is 2.29. The molecule has 0 saturated heterocycles. The molecule has 0 spiro atoms. The van der Waals surface area contributed by atoms with Crippen molar-refractivity contribution in [2.75, 3.05) is 0 Å². The molecule has 80 valence electrons. The molecule has 1 atom stereocenters. The van der Waals surface area contributed by atoms with Gasteiger partial charge in [0.2, 0.25) is 0 Å². The minimum absolute atomic E-state index is 0.190. The summed E-state index contributed by atoms with van der Waals surface area (Å²) in [4.78, 5) is 6.52. The molecular weight excluding hydrogens is 210 g/mol. The van der Waals surface area contributed by atoms with Crippen molar-refractivity contribution in [3.05, 3.63) is 22.3 Å². The average Bonchev–Trinajstić information content (AvgIpc) is 2.74. The third-order valence-corrected chi connectivity index (χ3v) is 3.37. The zero-order valence-corrected chi connectivity index (χ0v) is 9.76. The minimum atomic E-state index is -0.190. The Morgan fingerprint density at radius 1 is 1.47 bits per heavy atom. The first-order chi connectivity index (χ1) is 7.08. The molecule has 0 aliphatic carbocycles. The predicted molar refractivity (Wildman–Crippen MR) is 59.7 cm³/mol. The van der Waals surface area contributed by atoms with Gasteiger partial charge in [0.1, 0.15) is 0 Å². The van der Waals surface area contributed by atoms with Crippen molar-refractivity contribution >= 4 is 11.3 Å². The average molecular weight is 223 g/mol. The number of hydrogen-bond donors (Lipinski definition) is 1. The topological polar surface area (TPSA) is 64.9 Å². The van der Waals surface area contributed by atoms with Gasteiger partial charge in [-0.2, -0.15) is 4.98 Å². The number of hydrogen-bond acceptors (Lipinski definition) is 5. The lowest BCUT2D eigenvalue weighted by Crippen LogP contribution is -2.06. The normalized spacial score (nSPS) is 13.1. The van der Waals surface area contributed by atoms with Gasteiger partial charge in [-0.15, -0.1) is 11.3 Å². The molecule has 0 aromatic carbocycles. The van der Waals surface area contributed by atoms with Gasteiger partial charge in [0.05, 0.1) is 10.9 Å². The van der Waals surface area contributed by atoms with Gasteiger partial charge in [0.25, 0.3) is 5.89 Å². The molecule has 0 fully saturated rings. The van der Waals surface area contributed by atoms with Crippen molar-refractivity contribution in [2.24, 2.45) is 5.73 Å². The van der Waals surface area contributed by atoms with Crippen molar-refractivity contribution in [3.63, 3.8) is 0 Å². The number of nitrogens with two attached hydrogens (primary N) is 1. The van der Waals surface area contributed by atoms with E-state index in [1.54, 1.807) is 11.3 Å². The third kappa shape index (κ3) is 1.93. The van der Waals surface area contributed by atoms with Crippen molar-refractivity contribution in [3.8, 4) is 10.8 Å². The van der Waals surface area contributed by atoms with Crippen LogP contribution in [-0.4, -0.2) is 10.1 Å². The second-order valence-corrected chi connectivity index (χ2v) is 4.85. The molecule has 2 N–H and O–H groups in total. The lowest BCUT2D eigenvalue weighted by atomic mass is 10.3. The summed E-state index contributed by atoms with van der Waals surface area (Å²) >= 11 is 1.66. The summed E-state index contributed by atoms with van der Waals surface area (Å²) in [5.74, 6) is 1.11. The Bertz CT molecular complexity index is 453. The van der Waals surface area contributed by atoms with Gasteiger partial charge in [-0.25, -0.2) is 0 Å². The summed E-state index contributed by atoms with van der Waals surface area (Å²) in [7, 11) is 0. The molecule has 0 bridgehead atoms. The number of aromatic nitrogens is 2. The zero-order valence-electron chi connectivity index (χ0n) is 8.94. The summed E-state index contributed by atoms with van der Waals surface area (Å²) in [6, 6.07) is 1.86. The highest BCUT2D eigenvalue weighted by Gasteiger charge is 2.13. The summed E-state index contributed by atoms with van der Waals surface area (Å²) in [6.45, 7) is 5.98. The first kappa shape index (κ1) is 10.3. The van der Waals surface area contributed by atoms with E-state index in [1.165, 1.54) is 10.4 Å². The quantitative estimate of drug-likeness (QED) is 0.849. The maximum atomic E-state index is 5.66. The number of thiophene rings is 1. The molecule has 2 rings (SSSR count). The minimum Gasteiger partial charge on any atom is -0.333 e. The number of rotatable bonds is 2. The Labute approximate surface area is 92.1 Å². The zero-order chi connectivity index (χ0) is 11.0. The first-order valence-corrected chi connectivity index (χ1v) is 5.56. The van der Waals surface area contributed by atoms with Crippen LogP contribution in [0.25, 0.3) is 10.8 Å². The highest BCUT2D eigenvalue weighted by molar-refractivity contribution is 7.15. The molecule has 2 aromatic rings. The largest absolute Gasteiger partial charge is 0.333 e. The number of nitrogens with zero attached hydrogens (tertiary/aromatic N) is 2. The smallest absolute Gasteiger partial charge is 0.268 e. The molecule has 2 heterocycles. The van der Waals surface area contributed by atoms with Crippen LogP contribution in [0, 0.1) is 13.8 Å². The van der Waals surface area contributed by atoms with Gasteiger partial charge in [0.15, 0.2) is 5.82 Å². The standard InChI is InChI=1S/C10H13N3OS/c1-5-4-8(15-7(5)3)10-12-9(6(2)11)13-14-10/h4,6H,11H2,1-3H3. The highest BCUT2D eigenvalue weighted by atomic mass is 32.1. The Morgan fingerprint density at radius 2 is 2.20 bits per heavy atom. The molecule has 15 heavy (non-hydrogen) atoms. The van der Waals surface area contributed by atoms with E-state index >= 15 is 0 Å². The van der Waals surface area contributed by atoms with Crippen LogP contribution in [0.3, 0.4) is 0 Å². The lowest BCUT2D eigenvalue weighted by molar-refractivity contribution is 0.419.